The molecule has 1 heterocycles. The summed E-state index contributed by atoms with van der Waals surface area (Å²) in [5.41, 5.74) is 3.79. The number of nitrogens with zero attached hydrogens (tertiary/aromatic N) is 1. The summed E-state index contributed by atoms with van der Waals surface area (Å²) in [6, 6.07) is 6.47. The van der Waals surface area contributed by atoms with Crippen LogP contribution >= 0.6 is 11.8 Å². The van der Waals surface area contributed by atoms with Crippen molar-refractivity contribution in [3.8, 4) is 0 Å². The molecule has 0 radical (unpaired) electrons. The lowest BCUT2D eigenvalue weighted by Gasteiger charge is -2.26. The Kier molecular flexibility index (Phi) is 3.48. The Morgan fingerprint density at radius 3 is 2.76 bits per heavy atom. The van der Waals surface area contributed by atoms with E-state index in [4.69, 9.17) is 4.99 Å². The molecule has 1 aromatic rings. The standard InChI is InChI=1S/C14H20N2S/c1-10-5-6-11(2)12(9-10)15-13-16-14(3,4)7-8-17-13/h5-6,9H,7-8H2,1-4H3,(H,15,16). The molecule has 2 rings (SSSR count). The molecule has 0 unspecified atom stereocenters. The number of hydrogen-bond acceptors (Lipinski definition) is 3. The normalized spacial score (nSPS) is 18.7. The number of hydrogen-bond donors (Lipinski definition) is 1. The van der Waals surface area contributed by atoms with Crippen LogP contribution in [-0.4, -0.2) is 16.5 Å². The van der Waals surface area contributed by atoms with Crippen LogP contribution in [0.4, 0.5) is 5.69 Å². The van der Waals surface area contributed by atoms with Crippen LogP contribution in [0.1, 0.15) is 31.4 Å². The molecular weight excluding hydrogens is 228 g/mol. The lowest BCUT2D eigenvalue weighted by Crippen LogP contribution is -2.27. The van der Waals surface area contributed by atoms with Crippen molar-refractivity contribution in [1.82, 2.24) is 0 Å². The summed E-state index contributed by atoms with van der Waals surface area (Å²) in [4.78, 5) is 4.75. The summed E-state index contributed by atoms with van der Waals surface area (Å²) in [5.74, 6) is 1.14. The number of nitrogens with one attached hydrogen (secondary N) is 1. The highest BCUT2D eigenvalue weighted by atomic mass is 32.2. The van der Waals surface area contributed by atoms with Gasteiger partial charge in [-0.3, -0.25) is 4.99 Å². The molecule has 1 N–H and O–H groups in total. The van der Waals surface area contributed by atoms with E-state index in [1.165, 1.54) is 16.8 Å². The van der Waals surface area contributed by atoms with Crippen LogP contribution in [-0.2, 0) is 0 Å². The maximum Gasteiger partial charge on any atom is 0.161 e. The predicted molar refractivity (Wildman–Crippen MR) is 78.1 cm³/mol. The topological polar surface area (TPSA) is 24.4 Å². The van der Waals surface area contributed by atoms with E-state index in [0.29, 0.717) is 0 Å². The first-order chi connectivity index (χ1) is 7.96. The van der Waals surface area contributed by atoms with E-state index in [2.05, 4.69) is 51.2 Å². The number of anilines is 1. The third-order valence-corrected chi connectivity index (χ3v) is 3.87. The molecular formula is C14H20N2S. The van der Waals surface area contributed by atoms with Gasteiger partial charge in [-0.1, -0.05) is 23.9 Å². The number of amidine groups is 1. The molecule has 0 aliphatic carbocycles. The maximum absolute atomic E-state index is 4.75. The first-order valence-corrected chi connectivity index (χ1v) is 7.02. The van der Waals surface area contributed by atoms with Gasteiger partial charge in [-0.15, -0.1) is 0 Å². The molecule has 1 aliphatic rings. The highest BCUT2D eigenvalue weighted by molar-refractivity contribution is 8.14. The first-order valence-electron chi connectivity index (χ1n) is 6.03. The van der Waals surface area contributed by atoms with E-state index in [0.717, 1.165) is 17.3 Å². The van der Waals surface area contributed by atoms with E-state index in [-0.39, 0.29) is 5.54 Å². The Morgan fingerprint density at radius 2 is 2.06 bits per heavy atom. The highest BCUT2D eigenvalue weighted by Crippen LogP contribution is 2.27. The zero-order valence-corrected chi connectivity index (χ0v) is 11.8. The third kappa shape index (κ3) is 3.25. The number of aryl methyl sites for hydroxylation is 2. The van der Waals surface area contributed by atoms with Crippen LogP contribution in [0.5, 0.6) is 0 Å². The van der Waals surface area contributed by atoms with Crippen molar-refractivity contribution in [3.63, 3.8) is 0 Å². The molecule has 1 aliphatic heterocycles. The lowest BCUT2D eigenvalue weighted by molar-refractivity contribution is 0.507. The summed E-state index contributed by atoms with van der Waals surface area (Å²) in [6.07, 6.45) is 1.15. The average Bonchev–Trinajstić information content (AvgIpc) is 2.22. The van der Waals surface area contributed by atoms with Gasteiger partial charge in [0.25, 0.3) is 0 Å². The van der Waals surface area contributed by atoms with Crippen molar-refractivity contribution >= 4 is 22.6 Å². The molecule has 0 spiro atoms. The molecule has 0 aromatic heterocycles. The smallest absolute Gasteiger partial charge is 0.161 e. The van der Waals surface area contributed by atoms with Gasteiger partial charge in [0.2, 0.25) is 0 Å². The molecule has 0 saturated carbocycles. The Hall–Kier alpha value is -0.960. The minimum Gasteiger partial charge on any atom is -0.335 e. The molecule has 3 heteroatoms. The van der Waals surface area contributed by atoms with Crippen LogP contribution in [0.2, 0.25) is 0 Å². The fraction of sp³-hybridized carbons (Fsp3) is 0.500. The number of aliphatic imine (C=N–C) groups is 1. The zero-order valence-electron chi connectivity index (χ0n) is 11.0. The quantitative estimate of drug-likeness (QED) is 0.812. The SMILES string of the molecule is Cc1ccc(C)c(NC2=NC(C)(C)CCS2)c1. The van der Waals surface area contributed by atoms with Gasteiger partial charge >= 0.3 is 0 Å². The molecule has 0 atom stereocenters. The summed E-state index contributed by atoms with van der Waals surface area (Å²) in [7, 11) is 0. The van der Waals surface area contributed by atoms with Gasteiger partial charge < -0.3 is 5.32 Å². The summed E-state index contributed by atoms with van der Waals surface area (Å²) in [5, 5.41) is 4.51. The molecule has 0 fully saturated rings. The van der Waals surface area contributed by atoms with Gasteiger partial charge in [0.15, 0.2) is 5.17 Å². The molecule has 0 bridgehead atoms. The fourth-order valence-corrected chi connectivity index (χ4v) is 3.10. The predicted octanol–water partition coefficient (Wildman–Crippen LogP) is 3.99. The van der Waals surface area contributed by atoms with Gasteiger partial charge in [0.1, 0.15) is 0 Å². The number of rotatable bonds is 1. The maximum atomic E-state index is 4.75. The van der Waals surface area contributed by atoms with Gasteiger partial charge in [-0.05, 0) is 51.3 Å². The Labute approximate surface area is 108 Å². The Balaban J connectivity index is 2.21. The molecule has 1 aromatic carbocycles. The first kappa shape index (κ1) is 12.5. The second-order valence-electron chi connectivity index (χ2n) is 5.27. The largest absolute Gasteiger partial charge is 0.335 e. The van der Waals surface area contributed by atoms with Crippen LogP contribution in [0.25, 0.3) is 0 Å². The van der Waals surface area contributed by atoms with Gasteiger partial charge in [-0.25, -0.2) is 0 Å². The lowest BCUT2D eigenvalue weighted by atomic mass is 10.0. The van der Waals surface area contributed by atoms with Crippen LogP contribution in [0, 0.1) is 13.8 Å². The molecule has 0 amide bonds. The Bertz CT molecular complexity index is 450. The fourth-order valence-electron chi connectivity index (χ4n) is 1.81. The highest BCUT2D eigenvalue weighted by Gasteiger charge is 2.22. The summed E-state index contributed by atoms with van der Waals surface area (Å²) in [6.45, 7) is 8.63. The van der Waals surface area contributed by atoms with E-state index in [1.807, 2.05) is 11.8 Å². The van der Waals surface area contributed by atoms with Crippen molar-refractivity contribution < 1.29 is 0 Å². The minimum absolute atomic E-state index is 0.0747. The minimum atomic E-state index is 0.0747. The van der Waals surface area contributed by atoms with Crippen molar-refractivity contribution in [3.05, 3.63) is 29.3 Å². The van der Waals surface area contributed by atoms with Gasteiger partial charge in [0.05, 0.1) is 5.54 Å². The second-order valence-corrected chi connectivity index (χ2v) is 6.35. The van der Waals surface area contributed by atoms with Crippen molar-refractivity contribution in [2.24, 2.45) is 4.99 Å². The average molecular weight is 248 g/mol. The van der Waals surface area contributed by atoms with Crippen molar-refractivity contribution in [2.75, 3.05) is 11.1 Å². The van der Waals surface area contributed by atoms with Crippen molar-refractivity contribution in [1.29, 1.82) is 0 Å². The monoisotopic (exact) mass is 248 g/mol. The van der Waals surface area contributed by atoms with E-state index in [1.54, 1.807) is 0 Å². The van der Waals surface area contributed by atoms with E-state index in [9.17, 15) is 0 Å². The zero-order chi connectivity index (χ0) is 12.5. The molecule has 92 valence electrons. The van der Waals surface area contributed by atoms with Gasteiger partial charge in [-0.2, -0.15) is 0 Å². The van der Waals surface area contributed by atoms with Crippen molar-refractivity contribution in [2.45, 2.75) is 39.7 Å². The van der Waals surface area contributed by atoms with E-state index >= 15 is 0 Å². The van der Waals surface area contributed by atoms with E-state index < -0.39 is 0 Å². The second kappa shape index (κ2) is 4.73. The van der Waals surface area contributed by atoms with Crippen LogP contribution < -0.4 is 5.32 Å². The Morgan fingerprint density at radius 1 is 1.29 bits per heavy atom. The van der Waals surface area contributed by atoms with Gasteiger partial charge in [0, 0.05) is 11.4 Å². The molecule has 17 heavy (non-hydrogen) atoms. The summed E-state index contributed by atoms with van der Waals surface area (Å²) >= 11 is 1.81. The molecule has 0 saturated heterocycles. The summed E-state index contributed by atoms with van der Waals surface area (Å²) < 4.78 is 0. The van der Waals surface area contributed by atoms with Crippen LogP contribution in [0.15, 0.2) is 23.2 Å². The van der Waals surface area contributed by atoms with Crippen LogP contribution in [0.3, 0.4) is 0 Å². The molecule has 2 nitrogen and oxygen atoms in total. The third-order valence-electron chi connectivity index (χ3n) is 2.99. The number of benzene rings is 1. The number of thioether (sulfide) groups is 1.